The number of carbonyl (C=O) groups is 2. The van der Waals surface area contributed by atoms with Gasteiger partial charge < -0.3 is 10.1 Å². The van der Waals surface area contributed by atoms with Crippen molar-refractivity contribution in [1.29, 1.82) is 0 Å². The second kappa shape index (κ2) is 7.49. The van der Waals surface area contributed by atoms with E-state index in [2.05, 4.69) is 5.32 Å². The molecule has 0 fully saturated rings. The summed E-state index contributed by atoms with van der Waals surface area (Å²) in [7, 11) is 0. The first-order chi connectivity index (χ1) is 11.6. The number of nitrogens with one attached hydrogen (secondary N) is 1. The first-order valence-corrected chi connectivity index (χ1v) is 9.96. The molecule has 4 nitrogen and oxygen atoms in total. The minimum Gasteiger partial charge on any atom is -0.459 e. The second-order valence-corrected chi connectivity index (χ2v) is 8.21. The van der Waals surface area contributed by atoms with Gasteiger partial charge in [0.25, 0.3) is 5.91 Å². The van der Waals surface area contributed by atoms with Crippen LogP contribution in [0.4, 0.5) is 5.00 Å². The van der Waals surface area contributed by atoms with Crippen LogP contribution in [0.5, 0.6) is 0 Å². The number of thiophene rings is 2. The van der Waals surface area contributed by atoms with Gasteiger partial charge in [0, 0.05) is 4.88 Å². The molecule has 0 aromatic carbocycles. The molecule has 1 N–H and O–H groups in total. The highest BCUT2D eigenvalue weighted by molar-refractivity contribution is 7.17. The minimum atomic E-state index is -0.328. The van der Waals surface area contributed by atoms with Gasteiger partial charge in [0.1, 0.15) is 5.00 Å². The number of fused-ring (bicyclic) bond motifs is 1. The average molecular weight is 364 g/mol. The van der Waals surface area contributed by atoms with Gasteiger partial charge >= 0.3 is 5.97 Å². The first kappa shape index (κ1) is 17.2. The van der Waals surface area contributed by atoms with E-state index >= 15 is 0 Å². The monoisotopic (exact) mass is 363 g/mol. The van der Waals surface area contributed by atoms with Crippen LogP contribution in [0.15, 0.2) is 17.5 Å². The van der Waals surface area contributed by atoms with Gasteiger partial charge in [-0.05, 0) is 56.5 Å². The third kappa shape index (κ3) is 3.70. The third-order valence-corrected chi connectivity index (χ3v) is 6.02. The molecular weight excluding hydrogens is 342 g/mol. The lowest BCUT2D eigenvalue weighted by Crippen LogP contribution is -2.17. The highest BCUT2D eigenvalue weighted by Gasteiger charge is 2.27. The molecule has 0 aliphatic heterocycles. The molecule has 24 heavy (non-hydrogen) atoms. The lowest BCUT2D eigenvalue weighted by Gasteiger charge is -2.11. The Morgan fingerprint density at radius 1 is 1.21 bits per heavy atom. The van der Waals surface area contributed by atoms with Crippen molar-refractivity contribution in [1.82, 2.24) is 0 Å². The maximum Gasteiger partial charge on any atom is 0.341 e. The van der Waals surface area contributed by atoms with Gasteiger partial charge in [0.15, 0.2) is 0 Å². The van der Waals surface area contributed by atoms with E-state index in [9.17, 15) is 9.59 Å². The zero-order chi connectivity index (χ0) is 17.1. The molecule has 2 heterocycles. The van der Waals surface area contributed by atoms with Crippen molar-refractivity contribution in [3.63, 3.8) is 0 Å². The van der Waals surface area contributed by atoms with Gasteiger partial charge in [-0.25, -0.2) is 4.79 Å². The maximum atomic E-state index is 12.6. The Labute approximate surface area is 149 Å². The molecule has 0 bridgehead atoms. The van der Waals surface area contributed by atoms with Gasteiger partial charge in [0.05, 0.1) is 16.5 Å². The second-order valence-electron chi connectivity index (χ2n) is 6.15. The van der Waals surface area contributed by atoms with Crippen LogP contribution in [-0.2, 0) is 17.6 Å². The van der Waals surface area contributed by atoms with Crippen LogP contribution in [0.2, 0.25) is 0 Å². The largest absolute Gasteiger partial charge is 0.459 e. The Bertz CT molecular complexity index is 732. The zero-order valence-electron chi connectivity index (χ0n) is 13.9. The number of rotatable bonds is 4. The average Bonchev–Trinajstić information content (AvgIpc) is 3.10. The Morgan fingerprint density at radius 2 is 2.00 bits per heavy atom. The molecule has 2 aromatic rings. The van der Waals surface area contributed by atoms with E-state index in [1.807, 2.05) is 25.3 Å². The van der Waals surface area contributed by atoms with Crippen LogP contribution in [0, 0.1) is 0 Å². The van der Waals surface area contributed by atoms with Crippen molar-refractivity contribution in [3.8, 4) is 0 Å². The number of carbonyl (C=O) groups excluding carboxylic acids is 2. The lowest BCUT2D eigenvalue weighted by atomic mass is 10.1. The predicted octanol–water partition coefficient (Wildman–Crippen LogP) is 4.90. The fourth-order valence-electron chi connectivity index (χ4n) is 2.89. The number of ether oxygens (including phenoxy) is 1. The fourth-order valence-corrected chi connectivity index (χ4v) is 4.78. The maximum absolute atomic E-state index is 12.6. The van der Waals surface area contributed by atoms with Crippen LogP contribution >= 0.6 is 22.7 Å². The Morgan fingerprint density at radius 3 is 2.71 bits per heavy atom. The van der Waals surface area contributed by atoms with Crippen LogP contribution in [-0.4, -0.2) is 18.0 Å². The Kier molecular flexibility index (Phi) is 5.36. The molecule has 1 amide bonds. The molecule has 128 valence electrons. The van der Waals surface area contributed by atoms with Crippen molar-refractivity contribution in [3.05, 3.63) is 38.4 Å². The minimum absolute atomic E-state index is 0.167. The van der Waals surface area contributed by atoms with Gasteiger partial charge in [0.2, 0.25) is 0 Å². The lowest BCUT2D eigenvalue weighted by molar-refractivity contribution is 0.0378. The number of anilines is 1. The normalized spacial score (nSPS) is 14.1. The summed E-state index contributed by atoms with van der Waals surface area (Å²) < 4.78 is 5.43. The summed E-state index contributed by atoms with van der Waals surface area (Å²) in [5, 5.41) is 5.43. The van der Waals surface area contributed by atoms with Gasteiger partial charge in [-0.1, -0.05) is 12.5 Å². The number of hydrogen-bond donors (Lipinski definition) is 1. The van der Waals surface area contributed by atoms with Crippen molar-refractivity contribution in [2.75, 3.05) is 5.32 Å². The predicted molar refractivity (Wildman–Crippen MR) is 98.4 cm³/mol. The highest BCUT2D eigenvalue weighted by atomic mass is 32.1. The molecule has 0 atom stereocenters. The van der Waals surface area contributed by atoms with Crippen molar-refractivity contribution in [2.24, 2.45) is 0 Å². The van der Waals surface area contributed by atoms with E-state index in [1.54, 1.807) is 6.07 Å². The summed E-state index contributed by atoms with van der Waals surface area (Å²) in [6.07, 6.45) is 5.05. The van der Waals surface area contributed by atoms with Crippen LogP contribution in [0.1, 0.15) is 63.6 Å². The molecule has 2 aromatic heterocycles. The fraction of sp³-hybridized carbons (Fsp3) is 0.444. The van der Waals surface area contributed by atoms with Gasteiger partial charge in [-0.2, -0.15) is 0 Å². The molecule has 3 rings (SSSR count). The summed E-state index contributed by atoms with van der Waals surface area (Å²) in [5.41, 5.74) is 1.64. The topological polar surface area (TPSA) is 55.4 Å². The highest BCUT2D eigenvalue weighted by Crippen LogP contribution is 2.38. The Balaban J connectivity index is 1.95. The van der Waals surface area contributed by atoms with Gasteiger partial charge in [-0.15, -0.1) is 22.7 Å². The third-order valence-electron chi connectivity index (χ3n) is 3.94. The molecule has 6 heteroatoms. The first-order valence-electron chi connectivity index (χ1n) is 8.26. The standard InChI is InChI=1S/C18H21NO3S2/c1-11(2)22-18(21)15-12-7-4-3-5-8-13(12)24-17(15)19-16(20)14-9-6-10-23-14/h6,9-11H,3-5,7-8H2,1-2H3,(H,19,20). The number of amides is 1. The summed E-state index contributed by atoms with van der Waals surface area (Å²) in [6.45, 7) is 3.68. The van der Waals surface area contributed by atoms with E-state index in [0.29, 0.717) is 15.4 Å². The van der Waals surface area contributed by atoms with Crippen LogP contribution < -0.4 is 5.32 Å². The number of aryl methyl sites for hydroxylation is 1. The zero-order valence-corrected chi connectivity index (χ0v) is 15.5. The molecular formula is C18H21NO3S2. The van der Waals surface area contributed by atoms with E-state index in [4.69, 9.17) is 4.74 Å². The summed E-state index contributed by atoms with van der Waals surface area (Å²) in [6, 6.07) is 3.63. The van der Waals surface area contributed by atoms with E-state index in [-0.39, 0.29) is 18.0 Å². The smallest absolute Gasteiger partial charge is 0.341 e. The molecule has 0 unspecified atom stereocenters. The quantitative estimate of drug-likeness (QED) is 0.621. The van der Waals surface area contributed by atoms with Crippen LogP contribution in [0.3, 0.4) is 0 Å². The van der Waals surface area contributed by atoms with Crippen molar-refractivity contribution < 1.29 is 14.3 Å². The molecule has 0 saturated heterocycles. The van der Waals surface area contributed by atoms with Crippen molar-refractivity contribution in [2.45, 2.75) is 52.1 Å². The van der Waals surface area contributed by atoms with E-state index in [1.165, 1.54) is 34.0 Å². The summed E-state index contributed by atoms with van der Waals surface area (Å²) >= 11 is 2.92. The van der Waals surface area contributed by atoms with E-state index < -0.39 is 0 Å². The molecule has 0 radical (unpaired) electrons. The number of hydrogen-bond acceptors (Lipinski definition) is 5. The van der Waals surface area contributed by atoms with Crippen molar-refractivity contribution >= 4 is 39.6 Å². The molecule has 0 spiro atoms. The SMILES string of the molecule is CC(C)OC(=O)c1c(NC(=O)c2cccs2)sc2c1CCCCC2. The summed E-state index contributed by atoms with van der Waals surface area (Å²) in [4.78, 5) is 26.9. The summed E-state index contributed by atoms with van der Waals surface area (Å²) in [5.74, 6) is -0.495. The van der Waals surface area contributed by atoms with Gasteiger partial charge in [-0.3, -0.25) is 4.79 Å². The van der Waals surface area contributed by atoms with Crippen LogP contribution in [0.25, 0.3) is 0 Å². The molecule has 0 saturated carbocycles. The molecule has 1 aliphatic carbocycles. The molecule has 1 aliphatic rings. The number of esters is 1. The van der Waals surface area contributed by atoms with E-state index in [0.717, 1.165) is 31.2 Å². The Hall–Kier alpha value is -1.66.